The van der Waals surface area contributed by atoms with Crippen molar-refractivity contribution in [2.45, 2.75) is 6.92 Å². The lowest BCUT2D eigenvalue weighted by Gasteiger charge is -2.13. The van der Waals surface area contributed by atoms with Gasteiger partial charge in [0.05, 0.1) is 6.61 Å². The average Bonchev–Trinajstić information content (AvgIpc) is 2.51. The Kier molecular flexibility index (Phi) is 3.39. The molecule has 1 aromatic rings. The molecule has 1 heterocycles. The quantitative estimate of drug-likeness (QED) is 0.773. The van der Waals surface area contributed by atoms with Crippen molar-refractivity contribution in [2.24, 2.45) is 0 Å². The van der Waals surface area contributed by atoms with Crippen LogP contribution in [-0.2, 0) is 0 Å². The maximum Gasteiger partial charge on any atom is 0.273 e. The van der Waals surface area contributed by atoms with Crippen molar-refractivity contribution in [1.29, 1.82) is 0 Å². The van der Waals surface area contributed by atoms with Gasteiger partial charge in [-0.05, 0) is 24.5 Å². The van der Waals surface area contributed by atoms with Gasteiger partial charge in [0.2, 0.25) is 0 Å². The van der Waals surface area contributed by atoms with Crippen molar-refractivity contribution in [3.63, 3.8) is 0 Å². The van der Waals surface area contributed by atoms with E-state index >= 15 is 0 Å². The number of aliphatic hydroxyl groups is 1. The zero-order chi connectivity index (χ0) is 9.84. The molecule has 0 radical (unpaired) electrons. The predicted octanol–water partition coefficient (Wildman–Crippen LogP) is 0.516. The minimum absolute atomic E-state index is 0.0225. The molecule has 1 N–H and O–H groups in total. The van der Waals surface area contributed by atoms with E-state index in [9.17, 15) is 4.79 Å². The number of rotatable bonds is 3. The molecule has 72 valence electrons. The van der Waals surface area contributed by atoms with Crippen molar-refractivity contribution in [3.8, 4) is 0 Å². The molecule has 1 amide bonds. The predicted molar refractivity (Wildman–Crippen MR) is 50.9 cm³/mol. The summed E-state index contributed by atoms with van der Waals surface area (Å²) in [4.78, 5) is 14.0. The largest absolute Gasteiger partial charge is 0.395 e. The Labute approximate surface area is 81.0 Å². The highest BCUT2D eigenvalue weighted by atomic mass is 32.1. The second-order valence-corrected chi connectivity index (χ2v) is 3.78. The van der Waals surface area contributed by atoms with Crippen LogP contribution in [0.1, 0.15) is 15.4 Å². The summed E-state index contributed by atoms with van der Waals surface area (Å²) in [5.74, 6) is -0.140. The molecule has 0 fully saturated rings. The van der Waals surface area contributed by atoms with Crippen LogP contribution in [0.5, 0.6) is 0 Å². The van der Waals surface area contributed by atoms with Gasteiger partial charge >= 0.3 is 0 Å². The Hall–Kier alpha value is -0.940. The minimum Gasteiger partial charge on any atom is -0.395 e. The lowest BCUT2D eigenvalue weighted by Crippen LogP contribution is -2.29. The van der Waals surface area contributed by atoms with Gasteiger partial charge < -0.3 is 10.0 Å². The van der Waals surface area contributed by atoms with Gasteiger partial charge in [-0.2, -0.15) is 4.37 Å². The maximum absolute atomic E-state index is 11.5. The fourth-order valence-corrected chi connectivity index (χ4v) is 1.45. The van der Waals surface area contributed by atoms with Gasteiger partial charge in [0.15, 0.2) is 0 Å². The van der Waals surface area contributed by atoms with Gasteiger partial charge in [-0.15, -0.1) is 0 Å². The number of likely N-dealkylation sites (N-methyl/N-ethyl adjacent to an activating group) is 1. The number of carbonyl (C=O) groups is 1. The van der Waals surface area contributed by atoms with Gasteiger partial charge in [-0.1, -0.05) is 0 Å². The number of aromatic nitrogens is 1. The highest BCUT2D eigenvalue weighted by Crippen LogP contribution is 2.09. The summed E-state index contributed by atoms with van der Waals surface area (Å²) in [6.45, 7) is 2.22. The van der Waals surface area contributed by atoms with Crippen molar-refractivity contribution in [1.82, 2.24) is 9.27 Å². The summed E-state index contributed by atoms with van der Waals surface area (Å²) in [6, 6.07) is 1.75. The van der Waals surface area contributed by atoms with E-state index in [1.54, 1.807) is 13.1 Å². The van der Waals surface area contributed by atoms with Crippen LogP contribution in [0.25, 0.3) is 0 Å². The van der Waals surface area contributed by atoms with E-state index in [0.29, 0.717) is 12.2 Å². The molecule has 4 nitrogen and oxygen atoms in total. The third kappa shape index (κ3) is 2.50. The zero-order valence-electron chi connectivity index (χ0n) is 7.65. The number of aliphatic hydroxyl groups excluding tert-OH is 1. The van der Waals surface area contributed by atoms with E-state index in [1.165, 1.54) is 16.4 Å². The molecular weight excluding hydrogens is 188 g/mol. The van der Waals surface area contributed by atoms with E-state index in [4.69, 9.17) is 5.11 Å². The molecule has 0 aliphatic carbocycles. The van der Waals surface area contributed by atoms with Gasteiger partial charge in [0.1, 0.15) is 5.69 Å². The molecular formula is C8H12N2O2S. The number of hydrogen-bond donors (Lipinski definition) is 1. The molecule has 0 saturated heterocycles. The van der Waals surface area contributed by atoms with Crippen LogP contribution in [0.2, 0.25) is 0 Å². The van der Waals surface area contributed by atoms with Crippen LogP contribution >= 0.6 is 11.5 Å². The molecule has 0 aliphatic rings. The first-order chi connectivity index (χ1) is 6.15. The Morgan fingerprint density at radius 2 is 2.46 bits per heavy atom. The van der Waals surface area contributed by atoms with Crippen LogP contribution < -0.4 is 0 Å². The summed E-state index contributed by atoms with van der Waals surface area (Å²) in [6.07, 6.45) is 0. The van der Waals surface area contributed by atoms with E-state index in [-0.39, 0.29) is 12.5 Å². The molecule has 1 rings (SSSR count). The SMILES string of the molecule is Cc1cc(C(=O)N(C)CCO)ns1. The highest BCUT2D eigenvalue weighted by Gasteiger charge is 2.13. The molecule has 0 spiro atoms. The van der Waals surface area contributed by atoms with E-state index in [0.717, 1.165) is 4.88 Å². The summed E-state index contributed by atoms with van der Waals surface area (Å²) < 4.78 is 3.99. The Balaban J connectivity index is 2.67. The normalized spacial score (nSPS) is 10.1. The molecule has 0 atom stereocenters. The Morgan fingerprint density at radius 3 is 2.92 bits per heavy atom. The standard InChI is InChI=1S/C8H12N2O2S/c1-6-5-7(9-13-6)8(12)10(2)3-4-11/h5,11H,3-4H2,1-2H3. The monoisotopic (exact) mass is 200 g/mol. The van der Waals surface area contributed by atoms with Gasteiger partial charge in [0.25, 0.3) is 5.91 Å². The van der Waals surface area contributed by atoms with Crippen LogP contribution in [0, 0.1) is 6.92 Å². The highest BCUT2D eigenvalue weighted by molar-refractivity contribution is 7.05. The fourth-order valence-electron chi connectivity index (χ4n) is 0.914. The van der Waals surface area contributed by atoms with Crippen molar-refractivity contribution in [2.75, 3.05) is 20.2 Å². The zero-order valence-corrected chi connectivity index (χ0v) is 8.47. The van der Waals surface area contributed by atoms with E-state index in [1.807, 2.05) is 6.92 Å². The number of hydrogen-bond acceptors (Lipinski definition) is 4. The number of nitrogens with zero attached hydrogens (tertiary/aromatic N) is 2. The second kappa shape index (κ2) is 4.34. The summed E-state index contributed by atoms with van der Waals surface area (Å²) in [5.41, 5.74) is 0.457. The van der Waals surface area contributed by atoms with Gasteiger partial charge in [0, 0.05) is 18.5 Å². The van der Waals surface area contributed by atoms with Gasteiger partial charge in [-0.3, -0.25) is 4.79 Å². The van der Waals surface area contributed by atoms with Crippen LogP contribution in [0.15, 0.2) is 6.07 Å². The van der Waals surface area contributed by atoms with Gasteiger partial charge in [-0.25, -0.2) is 0 Å². The van der Waals surface area contributed by atoms with Crippen molar-refractivity contribution >= 4 is 17.4 Å². The molecule has 0 aromatic carbocycles. The minimum atomic E-state index is -0.140. The first kappa shape index (κ1) is 10.1. The van der Waals surface area contributed by atoms with Crippen molar-refractivity contribution < 1.29 is 9.90 Å². The third-order valence-electron chi connectivity index (χ3n) is 1.63. The molecule has 0 unspecified atom stereocenters. The van der Waals surface area contributed by atoms with E-state index < -0.39 is 0 Å². The number of amides is 1. The first-order valence-corrected chi connectivity index (χ1v) is 4.72. The molecule has 5 heteroatoms. The maximum atomic E-state index is 11.5. The fraction of sp³-hybridized carbons (Fsp3) is 0.500. The second-order valence-electron chi connectivity index (χ2n) is 2.77. The Morgan fingerprint density at radius 1 is 1.77 bits per heavy atom. The lowest BCUT2D eigenvalue weighted by molar-refractivity contribution is 0.0762. The Bertz CT molecular complexity index is 298. The van der Waals surface area contributed by atoms with Crippen LogP contribution in [0.4, 0.5) is 0 Å². The summed E-state index contributed by atoms with van der Waals surface area (Å²) in [7, 11) is 1.65. The smallest absolute Gasteiger partial charge is 0.273 e. The van der Waals surface area contributed by atoms with Crippen LogP contribution in [0.3, 0.4) is 0 Å². The number of carbonyl (C=O) groups excluding carboxylic acids is 1. The molecule has 1 aromatic heterocycles. The molecule has 0 bridgehead atoms. The molecule has 13 heavy (non-hydrogen) atoms. The van der Waals surface area contributed by atoms with Crippen LogP contribution in [-0.4, -0.2) is 40.5 Å². The average molecular weight is 200 g/mol. The lowest BCUT2D eigenvalue weighted by atomic mass is 10.3. The van der Waals surface area contributed by atoms with Crippen molar-refractivity contribution in [3.05, 3.63) is 16.6 Å². The summed E-state index contributed by atoms with van der Waals surface area (Å²) >= 11 is 1.31. The molecule has 0 saturated carbocycles. The third-order valence-corrected chi connectivity index (χ3v) is 2.32. The topological polar surface area (TPSA) is 53.4 Å². The summed E-state index contributed by atoms with van der Waals surface area (Å²) in [5, 5.41) is 8.63. The first-order valence-electron chi connectivity index (χ1n) is 3.95. The van der Waals surface area contributed by atoms with E-state index in [2.05, 4.69) is 4.37 Å². The number of aryl methyl sites for hydroxylation is 1. The molecule has 0 aliphatic heterocycles.